The first-order chi connectivity index (χ1) is 13.8. The van der Waals surface area contributed by atoms with Gasteiger partial charge in [0.25, 0.3) is 5.91 Å². The van der Waals surface area contributed by atoms with Crippen LogP contribution in [-0.4, -0.2) is 21.2 Å². The zero-order chi connectivity index (χ0) is 20.8. The Morgan fingerprint density at radius 2 is 1.86 bits per heavy atom. The molecular formula is C22H18Cl2N4O. The fraction of sp³-hybridized carbons (Fsp3) is 0.227. The molecule has 4 rings (SSSR count). The second-order valence-corrected chi connectivity index (χ2v) is 8.19. The predicted molar refractivity (Wildman–Crippen MR) is 114 cm³/mol. The van der Waals surface area contributed by atoms with E-state index in [1.165, 1.54) is 0 Å². The van der Waals surface area contributed by atoms with Crippen molar-refractivity contribution in [2.45, 2.75) is 32.2 Å². The molecule has 1 aliphatic carbocycles. The molecule has 1 saturated carbocycles. The van der Waals surface area contributed by atoms with Crippen LogP contribution in [0.25, 0.3) is 16.9 Å². The Morgan fingerprint density at radius 1 is 1.17 bits per heavy atom. The molecule has 0 atom stereocenters. The molecule has 0 bridgehead atoms. The molecule has 1 aromatic heterocycles. The SMILES string of the molecule is Cc1ccc(-c2c(C)c(C(=O)NC3(C#N)CC3)nn2-c2ccc(Cl)cc2Cl)cc1. The van der Waals surface area contributed by atoms with Crippen molar-refractivity contribution in [3.8, 4) is 23.0 Å². The summed E-state index contributed by atoms with van der Waals surface area (Å²) in [6.07, 6.45) is 1.31. The van der Waals surface area contributed by atoms with Crippen LogP contribution in [0.3, 0.4) is 0 Å². The van der Waals surface area contributed by atoms with Gasteiger partial charge in [0.15, 0.2) is 5.69 Å². The lowest BCUT2D eigenvalue weighted by Gasteiger charge is -2.11. The summed E-state index contributed by atoms with van der Waals surface area (Å²) in [7, 11) is 0. The molecule has 0 aliphatic heterocycles. The van der Waals surface area contributed by atoms with Gasteiger partial charge in [-0.3, -0.25) is 4.79 Å². The van der Waals surface area contributed by atoms with Crippen LogP contribution in [0.1, 0.15) is 34.5 Å². The number of amides is 1. The summed E-state index contributed by atoms with van der Waals surface area (Å²) >= 11 is 12.5. The first-order valence-corrected chi connectivity index (χ1v) is 9.95. The molecule has 0 radical (unpaired) electrons. The molecule has 5 nitrogen and oxygen atoms in total. The topological polar surface area (TPSA) is 70.7 Å². The van der Waals surface area contributed by atoms with Gasteiger partial charge in [0.1, 0.15) is 5.54 Å². The van der Waals surface area contributed by atoms with Gasteiger partial charge in [-0.05, 0) is 44.9 Å². The van der Waals surface area contributed by atoms with Crippen molar-refractivity contribution in [2.75, 3.05) is 0 Å². The van der Waals surface area contributed by atoms with Gasteiger partial charge in [0, 0.05) is 16.1 Å². The number of hydrogen-bond donors (Lipinski definition) is 1. The van der Waals surface area contributed by atoms with Crippen molar-refractivity contribution in [1.82, 2.24) is 15.1 Å². The average molecular weight is 425 g/mol. The highest BCUT2D eigenvalue weighted by Gasteiger charge is 2.45. The van der Waals surface area contributed by atoms with E-state index in [0.29, 0.717) is 34.1 Å². The minimum Gasteiger partial charge on any atom is -0.332 e. The van der Waals surface area contributed by atoms with Crippen molar-refractivity contribution >= 4 is 29.1 Å². The molecule has 0 spiro atoms. The number of rotatable bonds is 4. The van der Waals surface area contributed by atoms with Gasteiger partial charge in [-0.2, -0.15) is 10.4 Å². The number of benzene rings is 2. The van der Waals surface area contributed by atoms with Crippen LogP contribution in [0, 0.1) is 25.2 Å². The van der Waals surface area contributed by atoms with E-state index < -0.39 is 5.54 Å². The number of nitrogens with one attached hydrogen (secondary N) is 1. The molecule has 1 aliphatic rings. The van der Waals surface area contributed by atoms with E-state index in [9.17, 15) is 10.1 Å². The van der Waals surface area contributed by atoms with E-state index in [1.54, 1.807) is 22.9 Å². The summed E-state index contributed by atoms with van der Waals surface area (Å²) in [5.74, 6) is -0.362. The Kier molecular flexibility index (Phi) is 4.85. The molecular weight excluding hydrogens is 407 g/mol. The Morgan fingerprint density at radius 3 is 2.45 bits per heavy atom. The molecule has 0 unspecified atom stereocenters. The van der Waals surface area contributed by atoms with Gasteiger partial charge < -0.3 is 5.32 Å². The second kappa shape index (κ2) is 7.22. The van der Waals surface area contributed by atoms with Gasteiger partial charge in [0.05, 0.1) is 22.5 Å². The van der Waals surface area contributed by atoms with E-state index in [0.717, 1.165) is 16.8 Å². The smallest absolute Gasteiger partial charge is 0.273 e. The quantitative estimate of drug-likeness (QED) is 0.621. The zero-order valence-corrected chi connectivity index (χ0v) is 17.5. The lowest BCUT2D eigenvalue weighted by molar-refractivity contribution is 0.0935. The van der Waals surface area contributed by atoms with Crippen molar-refractivity contribution < 1.29 is 4.79 Å². The monoisotopic (exact) mass is 424 g/mol. The van der Waals surface area contributed by atoms with Crippen LogP contribution in [0.15, 0.2) is 42.5 Å². The number of nitriles is 1. The van der Waals surface area contributed by atoms with Crippen LogP contribution < -0.4 is 5.32 Å². The van der Waals surface area contributed by atoms with Crippen molar-refractivity contribution in [3.63, 3.8) is 0 Å². The lowest BCUT2D eigenvalue weighted by Crippen LogP contribution is -2.36. The molecule has 1 amide bonds. The van der Waals surface area contributed by atoms with Gasteiger partial charge in [-0.1, -0.05) is 53.0 Å². The minimum absolute atomic E-state index is 0.271. The Balaban J connectivity index is 1.87. The van der Waals surface area contributed by atoms with Crippen molar-refractivity contribution in [1.29, 1.82) is 5.26 Å². The third-order valence-corrected chi connectivity index (χ3v) is 5.65. The molecule has 146 valence electrons. The largest absolute Gasteiger partial charge is 0.332 e. The van der Waals surface area contributed by atoms with E-state index in [-0.39, 0.29) is 11.6 Å². The minimum atomic E-state index is -0.769. The van der Waals surface area contributed by atoms with Crippen molar-refractivity contribution in [3.05, 3.63) is 69.3 Å². The summed E-state index contributed by atoms with van der Waals surface area (Å²) < 4.78 is 1.67. The summed E-state index contributed by atoms with van der Waals surface area (Å²) in [4.78, 5) is 12.9. The normalized spacial score (nSPS) is 14.3. The van der Waals surface area contributed by atoms with Crippen molar-refractivity contribution in [2.24, 2.45) is 0 Å². The fourth-order valence-corrected chi connectivity index (χ4v) is 3.74. The first-order valence-electron chi connectivity index (χ1n) is 9.19. The van der Waals surface area contributed by atoms with Crippen LogP contribution in [0.2, 0.25) is 10.0 Å². The van der Waals surface area contributed by atoms with Gasteiger partial charge >= 0.3 is 0 Å². The van der Waals surface area contributed by atoms with Gasteiger partial charge in [0.2, 0.25) is 0 Å². The first kappa shape index (κ1) is 19.5. The summed E-state index contributed by atoms with van der Waals surface area (Å²) in [5, 5.41) is 17.7. The molecule has 3 aromatic rings. The standard InChI is InChI=1S/C22H18Cl2N4O/c1-13-3-5-15(6-4-13)20-14(2)19(21(29)26-22(12-25)9-10-22)27-28(20)18-8-7-16(23)11-17(18)24/h3-8,11H,9-10H2,1-2H3,(H,26,29). The number of aromatic nitrogens is 2. The number of carbonyl (C=O) groups excluding carboxylic acids is 1. The van der Waals surface area contributed by atoms with E-state index in [4.69, 9.17) is 23.2 Å². The van der Waals surface area contributed by atoms with Crippen LogP contribution in [0.5, 0.6) is 0 Å². The maximum atomic E-state index is 12.9. The number of carbonyl (C=O) groups is 1. The highest BCUT2D eigenvalue weighted by atomic mass is 35.5. The highest BCUT2D eigenvalue weighted by Crippen LogP contribution is 2.36. The Labute approximate surface area is 178 Å². The average Bonchev–Trinajstić information content (AvgIpc) is 3.38. The van der Waals surface area contributed by atoms with Crippen LogP contribution in [0.4, 0.5) is 0 Å². The third kappa shape index (κ3) is 3.62. The van der Waals surface area contributed by atoms with Gasteiger partial charge in [-0.25, -0.2) is 4.68 Å². The zero-order valence-electron chi connectivity index (χ0n) is 16.0. The summed E-state index contributed by atoms with van der Waals surface area (Å²) in [6.45, 7) is 3.86. The number of hydrogen-bond acceptors (Lipinski definition) is 3. The van der Waals surface area contributed by atoms with E-state index >= 15 is 0 Å². The third-order valence-electron chi connectivity index (χ3n) is 5.12. The molecule has 29 heavy (non-hydrogen) atoms. The Hall–Kier alpha value is -2.81. The molecule has 1 fully saturated rings. The maximum absolute atomic E-state index is 12.9. The lowest BCUT2D eigenvalue weighted by atomic mass is 10.0. The molecule has 2 aromatic carbocycles. The predicted octanol–water partition coefficient (Wildman–Crippen LogP) is 5.25. The summed E-state index contributed by atoms with van der Waals surface area (Å²) in [6, 6.07) is 15.3. The molecule has 0 saturated heterocycles. The number of nitrogens with zero attached hydrogens (tertiary/aromatic N) is 3. The summed E-state index contributed by atoms with van der Waals surface area (Å²) in [5.41, 5.74) is 3.64. The van der Waals surface area contributed by atoms with E-state index in [1.807, 2.05) is 38.1 Å². The van der Waals surface area contributed by atoms with E-state index in [2.05, 4.69) is 16.5 Å². The second-order valence-electron chi connectivity index (χ2n) is 7.34. The Bertz CT molecular complexity index is 1150. The highest BCUT2D eigenvalue weighted by molar-refractivity contribution is 6.35. The number of halogens is 2. The molecule has 1 heterocycles. The fourth-order valence-electron chi connectivity index (χ4n) is 3.26. The maximum Gasteiger partial charge on any atom is 0.273 e. The molecule has 1 N–H and O–H groups in total. The van der Waals surface area contributed by atoms with Crippen LogP contribution >= 0.6 is 23.2 Å². The van der Waals surface area contributed by atoms with Gasteiger partial charge in [-0.15, -0.1) is 0 Å². The van der Waals surface area contributed by atoms with Crippen LogP contribution in [-0.2, 0) is 0 Å². The molecule has 7 heteroatoms. The number of aryl methyl sites for hydroxylation is 1.